The Kier molecular flexibility index (Phi) is 10.7. The number of nitrogens with one attached hydrogen (secondary N) is 1. The number of carbonyl (C=O) groups is 3. The third kappa shape index (κ3) is 8.39. The van der Waals surface area contributed by atoms with Crippen molar-refractivity contribution in [3.63, 3.8) is 0 Å². The molecule has 6 rings (SSSR count). The van der Waals surface area contributed by atoms with Gasteiger partial charge in [0.2, 0.25) is 0 Å². The van der Waals surface area contributed by atoms with Crippen LogP contribution >= 0.6 is 0 Å². The van der Waals surface area contributed by atoms with Crippen LogP contribution in [0.5, 0.6) is 0 Å². The minimum atomic E-state index is -0.997. The first kappa shape index (κ1) is 32.0. The number of nitrogens with two attached hydrogens (primary N) is 1. The van der Waals surface area contributed by atoms with E-state index >= 15 is 0 Å². The SMILES string of the molecule is NC1(C(=O)OCc2ccccc2)CCCCC1.O=C(NC1(C(=O)OCc2ccccc2)CCCCC1)c1cc2ccccc2o1. The molecule has 2 fully saturated rings. The topological polar surface area (TPSA) is 121 Å². The number of carbonyl (C=O) groups excluding carboxylic acids is 3. The highest BCUT2D eigenvalue weighted by Gasteiger charge is 2.43. The second kappa shape index (κ2) is 15.0. The lowest BCUT2D eigenvalue weighted by Crippen LogP contribution is -2.56. The van der Waals surface area contributed by atoms with Crippen molar-refractivity contribution in [3.8, 4) is 0 Å². The van der Waals surface area contributed by atoms with Crippen LogP contribution in [-0.4, -0.2) is 28.9 Å². The van der Waals surface area contributed by atoms with Gasteiger partial charge < -0.3 is 24.9 Å². The van der Waals surface area contributed by atoms with Crippen LogP contribution in [0.1, 0.15) is 85.9 Å². The Morgan fingerprint density at radius 3 is 1.76 bits per heavy atom. The minimum Gasteiger partial charge on any atom is -0.459 e. The average molecular weight is 611 g/mol. The second-order valence-corrected chi connectivity index (χ2v) is 12.1. The standard InChI is InChI=1S/C23H23NO4.C14H19NO2/c25-21(20-15-18-11-5-6-12-19(18)28-20)24-23(13-7-2-8-14-23)22(26)27-16-17-9-3-1-4-10-17;15-14(9-5-2-6-10-14)13(16)17-11-12-7-3-1-4-8-12/h1,3-6,9-12,15H,2,7-8,13-14,16H2,(H,24,25);1,3-4,7-8H,2,5-6,9-11,15H2. The van der Waals surface area contributed by atoms with Gasteiger partial charge in [0, 0.05) is 5.39 Å². The number of fused-ring (bicyclic) bond motifs is 1. The number of benzene rings is 3. The molecule has 0 unspecified atom stereocenters. The highest BCUT2D eigenvalue weighted by Crippen LogP contribution is 2.31. The molecule has 0 aliphatic heterocycles. The summed E-state index contributed by atoms with van der Waals surface area (Å²) in [5.74, 6) is -0.793. The smallest absolute Gasteiger partial charge is 0.332 e. The molecule has 8 heteroatoms. The van der Waals surface area contributed by atoms with E-state index in [0.29, 0.717) is 25.0 Å². The third-order valence-corrected chi connectivity index (χ3v) is 8.68. The van der Waals surface area contributed by atoms with Gasteiger partial charge >= 0.3 is 11.9 Å². The van der Waals surface area contributed by atoms with E-state index in [1.54, 1.807) is 6.07 Å². The molecular weight excluding hydrogens is 568 g/mol. The van der Waals surface area contributed by atoms with Crippen molar-refractivity contribution in [1.29, 1.82) is 0 Å². The largest absolute Gasteiger partial charge is 0.459 e. The summed E-state index contributed by atoms with van der Waals surface area (Å²) < 4.78 is 16.6. The van der Waals surface area contributed by atoms with Crippen LogP contribution in [0.15, 0.2) is 95.4 Å². The van der Waals surface area contributed by atoms with E-state index in [4.69, 9.17) is 19.6 Å². The van der Waals surface area contributed by atoms with E-state index in [1.165, 1.54) is 6.42 Å². The molecule has 0 saturated heterocycles. The number of furan rings is 1. The molecule has 1 amide bonds. The summed E-state index contributed by atoms with van der Waals surface area (Å²) in [6.07, 6.45) is 8.68. The molecule has 45 heavy (non-hydrogen) atoms. The van der Waals surface area contributed by atoms with Gasteiger partial charge in [-0.2, -0.15) is 0 Å². The van der Waals surface area contributed by atoms with Gasteiger partial charge in [0.05, 0.1) is 0 Å². The zero-order valence-corrected chi connectivity index (χ0v) is 25.7. The van der Waals surface area contributed by atoms with E-state index < -0.39 is 11.1 Å². The molecule has 2 saturated carbocycles. The zero-order valence-electron chi connectivity index (χ0n) is 25.7. The van der Waals surface area contributed by atoms with Gasteiger partial charge in [0.25, 0.3) is 5.91 Å². The molecule has 236 valence electrons. The van der Waals surface area contributed by atoms with Gasteiger partial charge in [-0.15, -0.1) is 0 Å². The maximum absolute atomic E-state index is 13.0. The summed E-state index contributed by atoms with van der Waals surface area (Å²) >= 11 is 0. The fourth-order valence-corrected chi connectivity index (χ4v) is 6.02. The van der Waals surface area contributed by atoms with Gasteiger partial charge in [-0.25, -0.2) is 4.79 Å². The summed E-state index contributed by atoms with van der Waals surface area (Å²) in [5, 5.41) is 3.80. The van der Waals surface area contributed by atoms with Crippen molar-refractivity contribution in [2.24, 2.45) is 5.73 Å². The van der Waals surface area contributed by atoms with Crippen molar-refractivity contribution >= 4 is 28.8 Å². The van der Waals surface area contributed by atoms with E-state index in [-0.39, 0.29) is 30.2 Å². The monoisotopic (exact) mass is 610 g/mol. The lowest BCUT2D eigenvalue weighted by atomic mass is 9.81. The molecule has 1 heterocycles. The second-order valence-electron chi connectivity index (χ2n) is 12.1. The van der Waals surface area contributed by atoms with Crippen LogP contribution in [0.2, 0.25) is 0 Å². The molecular formula is C37H42N2O6. The Morgan fingerprint density at radius 1 is 0.667 bits per heavy atom. The Morgan fingerprint density at radius 2 is 1.18 bits per heavy atom. The fourth-order valence-electron chi connectivity index (χ4n) is 6.02. The zero-order chi connectivity index (χ0) is 31.5. The van der Waals surface area contributed by atoms with Crippen molar-refractivity contribution in [2.75, 3.05) is 0 Å². The van der Waals surface area contributed by atoms with Crippen LogP contribution in [0.4, 0.5) is 0 Å². The summed E-state index contributed by atoms with van der Waals surface area (Å²) in [4.78, 5) is 37.8. The normalized spacial score (nSPS) is 16.9. The summed E-state index contributed by atoms with van der Waals surface area (Å²) in [5.41, 5.74) is 6.92. The Hall–Kier alpha value is -4.43. The molecule has 2 aliphatic carbocycles. The van der Waals surface area contributed by atoms with Crippen LogP contribution in [0.25, 0.3) is 11.0 Å². The molecule has 8 nitrogen and oxygen atoms in total. The lowest BCUT2D eigenvalue weighted by molar-refractivity contribution is -0.154. The van der Waals surface area contributed by atoms with Crippen LogP contribution in [0, 0.1) is 0 Å². The molecule has 0 spiro atoms. The van der Waals surface area contributed by atoms with Crippen molar-refractivity contribution in [2.45, 2.75) is 88.5 Å². The molecule has 3 aromatic carbocycles. The number of rotatable bonds is 8. The van der Waals surface area contributed by atoms with Crippen LogP contribution in [-0.2, 0) is 32.3 Å². The molecule has 3 N–H and O–H groups in total. The number of para-hydroxylation sites is 1. The first-order valence-corrected chi connectivity index (χ1v) is 15.9. The number of hydrogen-bond donors (Lipinski definition) is 2. The highest BCUT2D eigenvalue weighted by molar-refractivity contribution is 5.99. The van der Waals surface area contributed by atoms with E-state index in [2.05, 4.69) is 5.32 Å². The van der Waals surface area contributed by atoms with Gasteiger partial charge in [0.15, 0.2) is 5.76 Å². The minimum absolute atomic E-state index is 0.196. The van der Waals surface area contributed by atoms with E-state index in [0.717, 1.165) is 61.5 Å². The number of esters is 2. The average Bonchev–Trinajstić information content (AvgIpc) is 3.53. The quantitative estimate of drug-likeness (QED) is 0.206. The van der Waals surface area contributed by atoms with Crippen molar-refractivity contribution in [1.82, 2.24) is 5.32 Å². The third-order valence-electron chi connectivity index (χ3n) is 8.68. The van der Waals surface area contributed by atoms with Gasteiger partial charge in [-0.1, -0.05) is 117 Å². The Balaban J connectivity index is 0.000000201. The van der Waals surface area contributed by atoms with E-state index in [1.807, 2.05) is 84.9 Å². The molecule has 2 aliphatic rings. The number of hydrogen-bond acceptors (Lipinski definition) is 7. The number of amides is 1. The highest BCUT2D eigenvalue weighted by atomic mass is 16.5. The Labute approximate surface area is 264 Å². The first-order valence-electron chi connectivity index (χ1n) is 15.9. The number of ether oxygens (including phenoxy) is 2. The lowest BCUT2D eigenvalue weighted by Gasteiger charge is -2.35. The first-order chi connectivity index (χ1) is 21.9. The van der Waals surface area contributed by atoms with Crippen molar-refractivity contribution < 1.29 is 28.3 Å². The fraction of sp³-hybridized carbons (Fsp3) is 0.378. The molecule has 0 bridgehead atoms. The molecule has 4 aromatic rings. The van der Waals surface area contributed by atoms with Crippen molar-refractivity contribution in [3.05, 3.63) is 108 Å². The predicted molar refractivity (Wildman–Crippen MR) is 172 cm³/mol. The summed E-state index contributed by atoms with van der Waals surface area (Å²) in [7, 11) is 0. The summed E-state index contributed by atoms with van der Waals surface area (Å²) in [6.45, 7) is 0.514. The molecule has 1 aromatic heterocycles. The van der Waals surface area contributed by atoms with Crippen LogP contribution in [0.3, 0.4) is 0 Å². The van der Waals surface area contributed by atoms with Gasteiger partial charge in [-0.05, 0) is 48.9 Å². The van der Waals surface area contributed by atoms with E-state index in [9.17, 15) is 14.4 Å². The van der Waals surface area contributed by atoms with Gasteiger partial charge in [0.1, 0.15) is 29.9 Å². The maximum Gasteiger partial charge on any atom is 0.332 e. The van der Waals surface area contributed by atoms with Crippen LogP contribution < -0.4 is 11.1 Å². The molecule has 0 atom stereocenters. The maximum atomic E-state index is 13.0. The molecule has 0 radical (unpaired) electrons. The Bertz CT molecular complexity index is 1520. The summed E-state index contributed by atoms with van der Waals surface area (Å²) in [6, 6.07) is 28.4. The van der Waals surface area contributed by atoms with Gasteiger partial charge in [-0.3, -0.25) is 9.59 Å². The predicted octanol–water partition coefficient (Wildman–Crippen LogP) is 7.00.